The Kier molecular flexibility index (Phi) is 2.61. The molecule has 0 saturated heterocycles. The second-order valence-corrected chi connectivity index (χ2v) is 4.01. The van der Waals surface area contributed by atoms with Gasteiger partial charge in [-0.15, -0.1) is 0 Å². The highest BCUT2D eigenvalue weighted by atomic mass is 16.3. The molecule has 1 aliphatic rings. The van der Waals surface area contributed by atoms with Gasteiger partial charge in [-0.2, -0.15) is 0 Å². The molecule has 3 heteroatoms. The van der Waals surface area contributed by atoms with Crippen LogP contribution < -0.4 is 5.32 Å². The Morgan fingerprint density at radius 3 is 2.64 bits per heavy atom. The average molecular weight is 195 g/mol. The summed E-state index contributed by atoms with van der Waals surface area (Å²) in [5, 5.41) is 12.4. The van der Waals surface area contributed by atoms with Crippen molar-refractivity contribution in [1.29, 1.82) is 0 Å². The summed E-state index contributed by atoms with van der Waals surface area (Å²) < 4.78 is 5.56. The number of hydrogen-bond donors (Lipinski definition) is 2. The minimum Gasteiger partial charge on any atom is -0.465 e. The Morgan fingerprint density at radius 2 is 2.14 bits per heavy atom. The first-order valence-electron chi connectivity index (χ1n) is 5.21. The first-order valence-corrected chi connectivity index (χ1v) is 5.21. The number of aryl methyl sites for hydroxylation is 1. The molecule has 0 atom stereocenters. The van der Waals surface area contributed by atoms with Crippen LogP contribution in [0.2, 0.25) is 0 Å². The van der Waals surface area contributed by atoms with Crippen LogP contribution in [0.5, 0.6) is 0 Å². The van der Waals surface area contributed by atoms with Gasteiger partial charge in [-0.3, -0.25) is 0 Å². The molecule has 0 spiro atoms. The van der Waals surface area contributed by atoms with Gasteiger partial charge in [0.2, 0.25) is 0 Å². The van der Waals surface area contributed by atoms with E-state index in [1.807, 2.05) is 12.1 Å². The van der Waals surface area contributed by atoms with Crippen LogP contribution in [0.25, 0.3) is 0 Å². The molecule has 1 aromatic rings. The minimum absolute atomic E-state index is 0.000825. The summed E-state index contributed by atoms with van der Waals surface area (Å²) in [6, 6.07) is 4.01. The van der Waals surface area contributed by atoms with E-state index < -0.39 is 0 Å². The lowest BCUT2D eigenvalue weighted by atomic mass is 10.3. The van der Waals surface area contributed by atoms with Crippen LogP contribution in [-0.2, 0) is 13.0 Å². The van der Waals surface area contributed by atoms with E-state index in [0.29, 0.717) is 0 Å². The van der Waals surface area contributed by atoms with Gasteiger partial charge in [0.15, 0.2) is 0 Å². The molecule has 0 radical (unpaired) electrons. The molecule has 1 heterocycles. The topological polar surface area (TPSA) is 45.4 Å². The molecule has 2 N–H and O–H groups in total. The lowest BCUT2D eigenvalue weighted by Gasteiger charge is -2.12. The second kappa shape index (κ2) is 3.75. The molecule has 1 aliphatic carbocycles. The summed E-state index contributed by atoms with van der Waals surface area (Å²) >= 11 is 0. The highest BCUT2D eigenvalue weighted by Crippen LogP contribution is 2.34. The summed E-state index contributed by atoms with van der Waals surface area (Å²) in [7, 11) is 0. The van der Waals surface area contributed by atoms with Crippen molar-refractivity contribution in [2.24, 2.45) is 0 Å². The molecule has 0 amide bonds. The predicted octanol–water partition coefficient (Wildman–Crippen LogP) is 1.46. The van der Waals surface area contributed by atoms with Crippen molar-refractivity contribution in [2.75, 3.05) is 6.61 Å². The Balaban J connectivity index is 1.85. The Hall–Kier alpha value is -0.800. The summed E-state index contributed by atoms with van der Waals surface area (Å²) in [4.78, 5) is 0. The standard InChI is InChI=1S/C11H17NO2/c1-2-9-3-4-10(14-9)7-12-11(8-13)5-6-11/h3-4,12-13H,2,5-8H2,1H3. The molecule has 0 unspecified atom stereocenters. The molecule has 1 fully saturated rings. The normalized spacial score (nSPS) is 18.4. The van der Waals surface area contributed by atoms with Gasteiger partial charge < -0.3 is 14.8 Å². The van der Waals surface area contributed by atoms with Crippen molar-refractivity contribution in [3.63, 3.8) is 0 Å². The van der Waals surface area contributed by atoms with E-state index in [-0.39, 0.29) is 12.1 Å². The van der Waals surface area contributed by atoms with E-state index in [4.69, 9.17) is 9.52 Å². The van der Waals surface area contributed by atoms with Gasteiger partial charge in [-0.25, -0.2) is 0 Å². The number of rotatable bonds is 5. The predicted molar refractivity (Wildman–Crippen MR) is 54.0 cm³/mol. The monoisotopic (exact) mass is 195 g/mol. The van der Waals surface area contributed by atoms with E-state index >= 15 is 0 Å². The van der Waals surface area contributed by atoms with E-state index in [1.54, 1.807) is 0 Å². The fourth-order valence-corrected chi connectivity index (χ4v) is 1.52. The highest BCUT2D eigenvalue weighted by Gasteiger charge is 2.41. The van der Waals surface area contributed by atoms with Crippen LogP contribution in [0, 0.1) is 0 Å². The molecule has 78 valence electrons. The van der Waals surface area contributed by atoms with Gasteiger partial charge in [-0.1, -0.05) is 6.92 Å². The van der Waals surface area contributed by atoms with E-state index in [9.17, 15) is 0 Å². The fourth-order valence-electron chi connectivity index (χ4n) is 1.52. The summed E-state index contributed by atoms with van der Waals surface area (Å²) in [6.45, 7) is 3.03. The minimum atomic E-state index is -0.000825. The zero-order valence-electron chi connectivity index (χ0n) is 8.55. The Labute approximate surface area is 84.1 Å². The van der Waals surface area contributed by atoms with Crippen LogP contribution in [0.4, 0.5) is 0 Å². The van der Waals surface area contributed by atoms with E-state index in [0.717, 1.165) is 37.3 Å². The summed E-state index contributed by atoms with van der Waals surface area (Å²) in [5.74, 6) is 1.98. The molecule has 0 aromatic carbocycles. The second-order valence-electron chi connectivity index (χ2n) is 4.01. The molecule has 1 aromatic heterocycles. The van der Waals surface area contributed by atoms with Crippen molar-refractivity contribution in [1.82, 2.24) is 5.32 Å². The van der Waals surface area contributed by atoms with E-state index in [2.05, 4.69) is 12.2 Å². The van der Waals surface area contributed by atoms with Gasteiger partial charge in [-0.05, 0) is 25.0 Å². The average Bonchev–Trinajstić information content (AvgIpc) is 2.86. The molecule has 14 heavy (non-hydrogen) atoms. The fraction of sp³-hybridized carbons (Fsp3) is 0.636. The zero-order chi connectivity index (χ0) is 10.0. The van der Waals surface area contributed by atoms with Crippen molar-refractivity contribution < 1.29 is 9.52 Å². The van der Waals surface area contributed by atoms with Gasteiger partial charge in [0, 0.05) is 12.0 Å². The van der Waals surface area contributed by atoms with Gasteiger partial charge >= 0.3 is 0 Å². The molecular formula is C11H17NO2. The van der Waals surface area contributed by atoms with Crippen LogP contribution in [0.1, 0.15) is 31.3 Å². The molecule has 2 rings (SSSR count). The molecule has 0 aliphatic heterocycles. The molecule has 3 nitrogen and oxygen atoms in total. The first-order chi connectivity index (χ1) is 6.78. The Bertz CT molecular complexity index is 302. The molecular weight excluding hydrogens is 178 g/mol. The maximum Gasteiger partial charge on any atom is 0.117 e. The van der Waals surface area contributed by atoms with Crippen molar-refractivity contribution in [3.8, 4) is 0 Å². The van der Waals surface area contributed by atoms with Crippen LogP contribution in [0.3, 0.4) is 0 Å². The quantitative estimate of drug-likeness (QED) is 0.747. The number of aliphatic hydroxyl groups is 1. The maximum atomic E-state index is 9.09. The third kappa shape index (κ3) is 1.99. The number of furan rings is 1. The third-order valence-electron chi connectivity index (χ3n) is 2.86. The van der Waals surface area contributed by atoms with Gasteiger partial charge in [0.25, 0.3) is 0 Å². The van der Waals surface area contributed by atoms with Crippen molar-refractivity contribution in [3.05, 3.63) is 23.7 Å². The SMILES string of the molecule is CCc1ccc(CNC2(CO)CC2)o1. The van der Waals surface area contributed by atoms with Gasteiger partial charge in [0.1, 0.15) is 11.5 Å². The molecule has 1 saturated carbocycles. The lowest BCUT2D eigenvalue weighted by Crippen LogP contribution is -2.33. The van der Waals surface area contributed by atoms with Crippen LogP contribution >= 0.6 is 0 Å². The summed E-state index contributed by atoms with van der Waals surface area (Å²) in [6.07, 6.45) is 3.08. The smallest absolute Gasteiger partial charge is 0.117 e. The largest absolute Gasteiger partial charge is 0.465 e. The van der Waals surface area contributed by atoms with Crippen LogP contribution in [0.15, 0.2) is 16.5 Å². The number of aliphatic hydroxyl groups excluding tert-OH is 1. The lowest BCUT2D eigenvalue weighted by molar-refractivity contribution is 0.226. The molecule has 0 bridgehead atoms. The van der Waals surface area contributed by atoms with Crippen molar-refractivity contribution >= 4 is 0 Å². The first kappa shape index (κ1) is 9.74. The number of hydrogen-bond acceptors (Lipinski definition) is 3. The van der Waals surface area contributed by atoms with Crippen molar-refractivity contribution in [2.45, 2.75) is 38.3 Å². The van der Waals surface area contributed by atoms with E-state index in [1.165, 1.54) is 0 Å². The summed E-state index contributed by atoms with van der Waals surface area (Å²) in [5.41, 5.74) is -0.000825. The third-order valence-corrected chi connectivity index (χ3v) is 2.86. The zero-order valence-corrected chi connectivity index (χ0v) is 8.55. The maximum absolute atomic E-state index is 9.09. The Morgan fingerprint density at radius 1 is 1.43 bits per heavy atom. The number of nitrogens with one attached hydrogen (secondary N) is 1. The van der Waals surface area contributed by atoms with Crippen LogP contribution in [-0.4, -0.2) is 17.3 Å². The highest BCUT2D eigenvalue weighted by molar-refractivity contribution is 5.09. The van der Waals surface area contributed by atoms with Gasteiger partial charge in [0.05, 0.1) is 13.2 Å².